The van der Waals surface area contributed by atoms with Gasteiger partial charge < -0.3 is 10.2 Å². The molecular weight excluding hydrogens is 665 g/mol. The quantitative estimate of drug-likeness (QED) is 0.156. The number of aryl methyl sites for hydroxylation is 1. The summed E-state index contributed by atoms with van der Waals surface area (Å²) in [6.07, 6.45) is 0.191. The van der Waals surface area contributed by atoms with Crippen LogP contribution in [0, 0.1) is 12.8 Å². The summed E-state index contributed by atoms with van der Waals surface area (Å²) in [4.78, 5) is 29.8. The first-order chi connectivity index (χ1) is 21.8. The van der Waals surface area contributed by atoms with Gasteiger partial charge in [-0.15, -0.1) is 0 Å². The van der Waals surface area contributed by atoms with Crippen molar-refractivity contribution >= 4 is 62.3 Å². The van der Waals surface area contributed by atoms with Gasteiger partial charge >= 0.3 is 0 Å². The van der Waals surface area contributed by atoms with Gasteiger partial charge in [0, 0.05) is 34.6 Å². The van der Waals surface area contributed by atoms with Gasteiger partial charge in [-0.1, -0.05) is 103 Å². The zero-order chi connectivity index (χ0) is 33.4. The predicted molar refractivity (Wildman–Crippen MR) is 186 cm³/mol. The smallest absolute Gasteiger partial charge is 0.264 e. The van der Waals surface area contributed by atoms with Gasteiger partial charge in [-0.05, 0) is 72.5 Å². The molecule has 4 rings (SSSR count). The van der Waals surface area contributed by atoms with Crippen LogP contribution in [0.5, 0.6) is 0 Å². The van der Waals surface area contributed by atoms with Crippen LogP contribution in [0.1, 0.15) is 30.5 Å². The zero-order valence-corrected chi connectivity index (χ0v) is 28.9. The molecule has 46 heavy (non-hydrogen) atoms. The average molecular weight is 701 g/mol. The highest BCUT2D eigenvalue weighted by atomic mass is 35.5. The van der Waals surface area contributed by atoms with Crippen LogP contribution in [0.4, 0.5) is 5.69 Å². The molecule has 242 valence electrons. The largest absolute Gasteiger partial charge is 0.354 e. The number of rotatable bonds is 13. The van der Waals surface area contributed by atoms with E-state index in [1.54, 1.807) is 42.5 Å². The minimum Gasteiger partial charge on any atom is -0.354 e. The second kappa shape index (κ2) is 15.8. The highest BCUT2D eigenvalue weighted by molar-refractivity contribution is 7.92. The molecule has 0 bridgehead atoms. The molecule has 0 spiro atoms. The number of amides is 2. The van der Waals surface area contributed by atoms with Crippen LogP contribution < -0.4 is 9.62 Å². The molecule has 0 aliphatic rings. The van der Waals surface area contributed by atoms with Gasteiger partial charge in [-0.25, -0.2) is 8.42 Å². The van der Waals surface area contributed by atoms with E-state index in [1.165, 1.54) is 29.2 Å². The molecular formula is C35H36Cl3N3O4S. The summed E-state index contributed by atoms with van der Waals surface area (Å²) in [5.41, 5.74) is 2.60. The summed E-state index contributed by atoms with van der Waals surface area (Å²) in [6.45, 7) is 5.59. The van der Waals surface area contributed by atoms with Crippen molar-refractivity contribution in [2.45, 2.75) is 44.7 Å². The molecule has 0 saturated heterocycles. The summed E-state index contributed by atoms with van der Waals surface area (Å²) >= 11 is 18.8. The fraction of sp³-hybridized carbons (Fsp3) is 0.257. The minimum atomic E-state index is -4.24. The summed E-state index contributed by atoms with van der Waals surface area (Å²) in [5.74, 6) is -0.791. The molecule has 0 heterocycles. The lowest BCUT2D eigenvalue weighted by Gasteiger charge is -2.34. The Morgan fingerprint density at radius 1 is 0.826 bits per heavy atom. The van der Waals surface area contributed by atoms with Gasteiger partial charge in [-0.3, -0.25) is 13.9 Å². The fourth-order valence-electron chi connectivity index (χ4n) is 4.78. The third-order valence-electron chi connectivity index (χ3n) is 7.31. The monoisotopic (exact) mass is 699 g/mol. The molecule has 0 aromatic heterocycles. The molecule has 11 heteroatoms. The van der Waals surface area contributed by atoms with Gasteiger partial charge in [0.2, 0.25) is 11.8 Å². The van der Waals surface area contributed by atoms with Crippen LogP contribution >= 0.6 is 34.8 Å². The van der Waals surface area contributed by atoms with Gasteiger partial charge in [0.1, 0.15) is 12.6 Å². The molecule has 2 amide bonds. The van der Waals surface area contributed by atoms with E-state index in [2.05, 4.69) is 5.32 Å². The number of anilines is 1. The molecule has 4 aromatic carbocycles. The van der Waals surface area contributed by atoms with Gasteiger partial charge in [-0.2, -0.15) is 0 Å². The third-order valence-corrected chi connectivity index (χ3v) is 9.94. The molecule has 0 fully saturated rings. The number of halogens is 3. The van der Waals surface area contributed by atoms with Crippen molar-refractivity contribution in [3.63, 3.8) is 0 Å². The Kier molecular flexibility index (Phi) is 12.1. The second-order valence-electron chi connectivity index (χ2n) is 11.4. The van der Waals surface area contributed by atoms with E-state index in [0.29, 0.717) is 32.9 Å². The van der Waals surface area contributed by atoms with E-state index in [1.807, 2.05) is 51.1 Å². The van der Waals surface area contributed by atoms with E-state index in [-0.39, 0.29) is 29.7 Å². The Morgan fingerprint density at radius 3 is 2.07 bits per heavy atom. The maximum absolute atomic E-state index is 14.5. The van der Waals surface area contributed by atoms with Crippen LogP contribution in [0.25, 0.3) is 0 Å². The summed E-state index contributed by atoms with van der Waals surface area (Å²) < 4.78 is 29.3. The highest BCUT2D eigenvalue weighted by Gasteiger charge is 2.35. The van der Waals surface area contributed by atoms with Crippen molar-refractivity contribution in [2.24, 2.45) is 5.92 Å². The van der Waals surface area contributed by atoms with E-state index >= 15 is 0 Å². The first-order valence-corrected chi connectivity index (χ1v) is 17.3. The normalized spacial score (nSPS) is 12.1. The van der Waals surface area contributed by atoms with Crippen molar-refractivity contribution < 1.29 is 18.0 Å². The van der Waals surface area contributed by atoms with E-state index in [9.17, 15) is 18.0 Å². The summed E-state index contributed by atoms with van der Waals surface area (Å²) in [5, 5.41) is 4.08. The van der Waals surface area contributed by atoms with Crippen LogP contribution in [-0.2, 0) is 32.6 Å². The van der Waals surface area contributed by atoms with Crippen molar-refractivity contribution in [3.8, 4) is 0 Å². The lowest BCUT2D eigenvalue weighted by Crippen LogP contribution is -2.53. The van der Waals surface area contributed by atoms with Crippen molar-refractivity contribution in [1.29, 1.82) is 0 Å². The lowest BCUT2D eigenvalue weighted by atomic mass is 10.0. The summed E-state index contributed by atoms with van der Waals surface area (Å²) in [6, 6.07) is 25.9. The molecule has 4 aromatic rings. The number of sulfonamides is 1. The van der Waals surface area contributed by atoms with E-state index in [0.717, 1.165) is 15.4 Å². The first-order valence-electron chi connectivity index (χ1n) is 14.7. The van der Waals surface area contributed by atoms with Crippen LogP contribution in [-0.4, -0.2) is 44.3 Å². The Balaban J connectivity index is 1.81. The Hall–Kier alpha value is -3.56. The fourth-order valence-corrected chi connectivity index (χ4v) is 6.79. The predicted octanol–water partition coefficient (Wildman–Crippen LogP) is 7.56. The number of benzene rings is 4. The Morgan fingerprint density at radius 2 is 1.46 bits per heavy atom. The number of hydrogen-bond acceptors (Lipinski definition) is 4. The Bertz CT molecular complexity index is 1750. The minimum absolute atomic E-state index is 0.0342. The average Bonchev–Trinajstić information content (AvgIpc) is 3.02. The van der Waals surface area contributed by atoms with Crippen LogP contribution in [0.3, 0.4) is 0 Å². The molecule has 0 aliphatic heterocycles. The number of carbonyl (C=O) groups is 2. The third kappa shape index (κ3) is 9.26. The number of nitrogens with one attached hydrogen (secondary N) is 1. The Labute approximate surface area is 286 Å². The molecule has 1 atom stereocenters. The molecule has 1 N–H and O–H groups in total. The standard InChI is InChI=1S/C35H36Cl3N3O4S/c1-24(2)21-39-35(43)33(19-26-7-5-4-6-8-26)40(22-27-11-12-29(37)20-32(27)38)34(42)23-41(30-15-9-25(3)10-16-30)46(44,45)31-17-13-28(36)14-18-31/h4-18,20,24,33H,19,21-23H2,1-3H3,(H,39,43)/t33-/m0/s1. The van der Waals surface area contributed by atoms with Crippen molar-refractivity contribution in [3.05, 3.63) is 129 Å². The number of hydrogen-bond donors (Lipinski definition) is 1. The summed E-state index contributed by atoms with van der Waals surface area (Å²) in [7, 11) is -4.24. The molecule has 0 saturated carbocycles. The molecule has 7 nitrogen and oxygen atoms in total. The topological polar surface area (TPSA) is 86.8 Å². The van der Waals surface area contributed by atoms with Crippen molar-refractivity contribution in [2.75, 3.05) is 17.4 Å². The van der Waals surface area contributed by atoms with Crippen LogP contribution in [0.15, 0.2) is 102 Å². The van der Waals surface area contributed by atoms with Gasteiger partial charge in [0.15, 0.2) is 0 Å². The maximum Gasteiger partial charge on any atom is 0.264 e. The van der Waals surface area contributed by atoms with Crippen LogP contribution in [0.2, 0.25) is 15.1 Å². The highest BCUT2D eigenvalue weighted by Crippen LogP contribution is 2.28. The number of carbonyl (C=O) groups excluding carboxylic acids is 2. The SMILES string of the molecule is Cc1ccc(N(CC(=O)N(Cc2ccc(Cl)cc2Cl)[C@@H](Cc2ccccc2)C(=O)NCC(C)C)S(=O)(=O)c2ccc(Cl)cc2)cc1. The van der Waals surface area contributed by atoms with E-state index in [4.69, 9.17) is 34.8 Å². The second-order valence-corrected chi connectivity index (χ2v) is 14.5. The van der Waals surface area contributed by atoms with Gasteiger partial charge in [0.25, 0.3) is 10.0 Å². The molecule has 0 radical (unpaired) electrons. The zero-order valence-electron chi connectivity index (χ0n) is 25.8. The van der Waals surface area contributed by atoms with E-state index < -0.39 is 28.5 Å². The maximum atomic E-state index is 14.5. The van der Waals surface area contributed by atoms with Gasteiger partial charge in [0.05, 0.1) is 10.6 Å². The van der Waals surface area contributed by atoms with Crippen molar-refractivity contribution in [1.82, 2.24) is 10.2 Å². The molecule has 0 aliphatic carbocycles. The first kappa shape index (κ1) is 35.3. The number of nitrogens with zero attached hydrogens (tertiary/aromatic N) is 2. The molecule has 0 unspecified atom stereocenters. The lowest BCUT2D eigenvalue weighted by molar-refractivity contribution is -0.140.